The molecule has 2 fully saturated rings. The van der Waals surface area contributed by atoms with Crippen LogP contribution in [0.2, 0.25) is 0 Å². The van der Waals surface area contributed by atoms with Crippen LogP contribution in [0.25, 0.3) is 0 Å². The van der Waals surface area contributed by atoms with E-state index in [1.165, 1.54) is 0 Å². The minimum atomic E-state index is -0.728. The Morgan fingerprint density at radius 2 is 1.88 bits per heavy atom. The van der Waals surface area contributed by atoms with Crippen LogP contribution in [0, 0.1) is 0 Å². The Bertz CT molecular complexity index is 642. The molecular formula is C18H24N2O5. The summed E-state index contributed by atoms with van der Waals surface area (Å²) in [6, 6.07) is 4.81. The molecule has 2 heterocycles. The minimum Gasteiger partial charge on any atom is -0.493 e. The van der Waals surface area contributed by atoms with Crippen LogP contribution in [-0.2, 0) is 14.3 Å². The maximum Gasteiger partial charge on any atom is 0.254 e. The summed E-state index contributed by atoms with van der Waals surface area (Å²) < 4.78 is 16.2. The molecule has 25 heavy (non-hydrogen) atoms. The number of carbonyl (C=O) groups excluding carboxylic acids is 2. The molecule has 1 aromatic rings. The summed E-state index contributed by atoms with van der Waals surface area (Å²) in [7, 11) is 3.11. The monoisotopic (exact) mass is 348 g/mol. The number of methoxy groups -OCH3 is 2. The van der Waals surface area contributed by atoms with Crippen molar-refractivity contribution in [3.05, 3.63) is 23.8 Å². The largest absolute Gasteiger partial charge is 0.493 e. The maximum atomic E-state index is 12.9. The van der Waals surface area contributed by atoms with Gasteiger partial charge in [-0.1, -0.05) is 6.07 Å². The van der Waals surface area contributed by atoms with Gasteiger partial charge in [0.1, 0.15) is 6.61 Å². The molecule has 0 radical (unpaired) electrons. The van der Waals surface area contributed by atoms with Gasteiger partial charge < -0.3 is 24.4 Å². The lowest BCUT2D eigenvalue weighted by Crippen LogP contribution is -2.54. The van der Waals surface area contributed by atoms with Crippen LogP contribution >= 0.6 is 0 Å². The number of morpholine rings is 1. The van der Waals surface area contributed by atoms with Gasteiger partial charge in [-0.05, 0) is 37.0 Å². The van der Waals surface area contributed by atoms with Crippen LogP contribution in [0.3, 0.4) is 0 Å². The lowest BCUT2D eigenvalue weighted by atomic mass is 9.97. The van der Waals surface area contributed by atoms with E-state index < -0.39 is 12.1 Å². The molecule has 2 atom stereocenters. The zero-order valence-electron chi connectivity index (χ0n) is 14.6. The van der Waals surface area contributed by atoms with E-state index in [1.807, 2.05) is 11.0 Å². The molecule has 0 saturated carbocycles. The highest BCUT2D eigenvalue weighted by atomic mass is 16.5. The second-order valence-corrected chi connectivity index (χ2v) is 6.28. The van der Waals surface area contributed by atoms with Gasteiger partial charge in [-0.15, -0.1) is 0 Å². The average molecular weight is 348 g/mol. The van der Waals surface area contributed by atoms with Gasteiger partial charge in [0.15, 0.2) is 17.6 Å². The number of amides is 2. The third kappa shape index (κ3) is 3.71. The molecule has 0 spiro atoms. The van der Waals surface area contributed by atoms with E-state index in [0.717, 1.165) is 37.9 Å². The van der Waals surface area contributed by atoms with Crippen molar-refractivity contribution in [2.45, 2.75) is 31.4 Å². The highest BCUT2D eigenvalue weighted by Crippen LogP contribution is 2.33. The Labute approximate surface area is 147 Å². The Morgan fingerprint density at radius 1 is 1.16 bits per heavy atom. The predicted molar refractivity (Wildman–Crippen MR) is 90.6 cm³/mol. The summed E-state index contributed by atoms with van der Waals surface area (Å²) in [6.45, 7) is 1.38. The Balaban J connectivity index is 1.87. The van der Waals surface area contributed by atoms with E-state index in [9.17, 15) is 9.59 Å². The maximum absolute atomic E-state index is 12.9. The van der Waals surface area contributed by atoms with Gasteiger partial charge in [0.05, 0.1) is 20.3 Å². The van der Waals surface area contributed by atoms with Crippen molar-refractivity contribution in [2.24, 2.45) is 0 Å². The molecule has 7 nitrogen and oxygen atoms in total. The molecule has 2 saturated heterocycles. The number of hydrogen-bond acceptors (Lipinski definition) is 5. The lowest BCUT2D eigenvalue weighted by Gasteiger charge is -2.36. The molecule has 0 aromatic heterocycles. The number of piperidine rings is 1. The first-order valence-electron chi connectivity index (χ1n) is 8.55. The highest BCUT2D eigenvalue weighted by Gasteiger charge is 2.38. The minimum absolute atomic E-state index is 0.0699. The standard InChI is InChI=1S/C18H24N2O5/c1-23-13-7-6-12(10-14(13)24-2)16-17(25-11-15(21)19-16)18(22)20-8-4-3-5-9-20/h6-7,10,16-17H,3-5,8-9,11H2,1-2H3,(H,19,21). The highest BCUT2D eigenvalue weighted by molar-refractivity contribution is 5.86. The van der Waals surface area contributed by atoms with E-state index in [-0.39, 0.29) is 18.4 Å². The predicted octanol–water partition coefficient (Wildman–Crippen LogP) is 1.27. The van der Waals surface area contributed by atoms with E-state index in [2.05, 4.69) is 5.32 Å². The number of nitrogens with zero attached hydrogens (tertiary/aromatic N) is 1. The van der Waals surface area contributed by atoms with Gasteiger partial charge in [0.2, 0.25) is 5.91 Å². The van der Waals surface area contributed by atoms with Gasteiger partial charge in [-0.25, -0.2) is 0 Å². The van der Waals surface area contributed by atoms with Crippen LogP contribution in [0.1, 0.15) is 30.9 Å². The summed E-state index contributed by atoms with van der Waals surface area (Å²) in [5, 5.41) is 2.88. The molecule has 2 aliphatic heterocycles. The first-order valence-corrected chi connectivity index (χ1v) is 8.55. The summed E-state index contributed by atoms with van der Waals surface area (Å²) in [5.41, 5.74) is 0.751. The average Bonchev–Trinajstić information content (AvgIpc) is 2.67. The van der Waals surface area contributed by atoms with Crippen molar-refractivity contribution in [1.82, 2.24) is 10.2 Å². The molecule has 136 valence electrons. The smallest absolute Gasteiger partial charge is 0.254 e. The summed E-state index contributed by atoms with van der Waals surface area (Å²) in [5.74, 6) is 0.833. The fourth-order valence-corrected chi connectivity index (χ4v) is 3.36. The van der Waals surface area contributed by atoms with Crippen LogP contribution in [-0.4, -0.2) is 56.7 Å². The molecule has 1 aromatic carbocycles. The SMILES string of the molecule is COc1ccc(C2NC(=O)COC2C(=O)N2CCCCC2)cc1OC. The summed E-state index contributed by atoms with van der Waals surface area (Å²) in [4.78, 5) is 26.6. The van der Waals surface area contributed by atoms with Gasteiger partial charge in [0.25, 0.3) is 5.91 Å². The molecule has 2 unspecified atom stereocenters. The van der Waals surface area contributed by atoms with Crippen LogP contribution in [0.5, 0.6) is 11.5 Å². The quantitative estimate of drug-likeness (QED) is 0.887. The first-order chi connectivity index (χ1) is 12.1. The van der Waals surface area contributed by atoms with Crippen molar-refractivity contribution in [3.63, 3.8) is 0 Å². The Morgan fingerprint density at radius 3 is 2.56 bits per heavy atom. The zero-order valence-corrected chi connectivity index (χ0v) is 14.6. The molecule has 0 aliphatic carbocycles. The number of likely N-dealkylation sites (tertiary alicyclic amines) is 1. The van der Waals surface area contributed by atoms with Crippen molar-refractivity contribution in [3.8, 4) is 11.5 Å². The van der Waals surface area contributed by atoms with Crippen LogP contribution in [0.15, 0.2) is 18.2 Å². The number of ether oxygens (including phenoxy) is 3. The lowest BCUT2D eigenvalue weighted by molar-refractivity contribution is -0.155. The zero-order chi connectivity index (χ0) is 17.8. The van der Waals surface area contributed by atoms with Crippen molar-refractivity contribution in [1.29, 1.82) is 0 Å². The number of nitrogens with one attached hydrogen (secondary N) is 1. The summed E-state index contributed by atoms with van der Waals surface area (Å²) in [6.07, 6.45) is 2.43. The molecule has 2 amide bonds. The van der Waals surface area contributed by atoms with E-state index in [0.29, 0.717) is 11.5 Å². The Kier molecular flexibility index (Phi) is 5.43. The van der Waals surface area contributed by atoms with Gasteiger partial charge in [-0.3, -0.25) is 9.59 Å². The molecule has 0 bridgehead atoms. The van der Waals surface area contributed by atoms with E-state index in [1.54, 1.807) is 26.4 Å². The van der Waals surface area contributed by atoms with Crippen LogP contribution in [0.4, 0.5) is 0 Å². The van der Waals surface area contributed by atoms with Gasteiger partial charge in [-0.2, -0.15) is 0 Å². The van der Waals surface area contributed by atoms with Crippen LogP contribution < -0.4 is 14.8 Å². The molecule has 1 N–H and O–H groups in total. The number of hydrogen-bond donors (Lipinski definition) is 1. The van der Waals surface area contributed by atoms with Gasteiger partial charge >= 0.3 is 0 Å². The number of benzene rings is 1. The molecule has 2 aliphatic rings. The van der Waals surface area contributed by atoms with Crippen molar-refractivity contribution in [2.75, 3.05) is 33.9 Å². The number of rotatable bonds is 4. The fourth-order valence-electron chi connectivity index (χ4n) is 3.36. The Hall–Kier alpha value is -2.28. The normalized spacial score (nSPS) is 23.8. The van der Waals surface area contributed by atoms with E-state index >= 15 is 0 Å². The second-order valence-electron chi connectivity index (χ2n) is 6.28. The van der Waals surface area contributed by atoms with E-state index in [4.69, 9.17) is 14.2 Å². The fraction of sp³-hybridized carbons (Fsp3) is 0.556. The number of carbonyl (C=O) groups is 2. The topological polar surface area (TPSA) is 77.1 Å². The second kappa shape index (κ2) is 7.74. The molecule has 3 rings (SSSR count). The third-order valence-corrected chi connectivity index (χ3v) is 4.69. The third-order valence-electron chi connectivity index (χ3n) is 4.69. The molecular weight excluding hydrogens is 324 g/mol. The van der Waals surface area contributed by atoms with Crippen molar-refractivity contribution >= 4 is 11.8 Å². The van der Waals surface area contributed by atoms with Gasteiger partial charge in [0, 0.05) is 13.1 Å². The molecule has 7 heteroatoms. The van der Waals surface area contributed by atoms with Crippen molar-refractivity contribution < 1.29 is 23.8 Å². The summed E-state index contributed by atoms with van der Waals surface area (Å²) >= 11 is 0. The first kappa shape index (κ1) is 17.5.